The number of hydrogen-bond acceptors (Lipinski definition) is 5. The van der Waals surface area contributed by atoms with Gasteiger partial charge in [0.25, 0.3) is 0 Å². The van der Waals surface area contributed by atoms with Crippen LogP contribution < -0.4 is 9.47 Å². The van der Waals surface area contributed by atoms with Crippen LogP contribution in [0.1, 0.15) is 24.8 Å². The van der Waals surface area contributed by atoms with Gasteiger partial charge in [0.1, 0.15) is 12.7 Å². The molecule has 2 aliphatic rings. The van der Waals surface area contributed by atoms with Crippen LogP contribution in [-0.4, -0.2) is 47.3 Å². The smallest absolute Gasteiger partial charge is 0.161 e. The number of likely N-dealkylation sites (tertiary alicyclic amines) is 1. The Morgan fingerprint density at radius 3 is 2.68 bits per heavy atom. The van der Waals surface area contributed by atoms with Gasteiger partial charge in [0.15, 0.2) is 11.5 Å². The molecule has 1 unspecified atom stereocenters. The molecule has 1 fully saturated rings. The SMILES string of the molecule is OC1(c2cccnc2)CCN(CCC2COc3ccccc3O2)CC1. The minimum Gasteiger partial charge on any atom is -0.486 e. The van der Waals surface area contributed by atoms with Crippen LogP contribution in [0.2, 0.25) is 0 Å². The lowest BCUT2D eigenvalue weighted by Crippen LogP contribution is -2.44. The molecule has 5 nitrogen and oxygen atoms in total. The fraction of sp³-hybridized carbons (Fsp3) is 0.450. The van der Waals surface area contributed by atoms with Gasteiger partial charge in [-0.05, 0) is 31.0 Å². The number of fused-ring (bicyclic) bond motifs is 1. The summed E-state index contributed by atoms with van der Waals surface area (Å²) in [5.41, 5.74) is 0.184. The molecule has 1 saturated heterocycles. The molecule has 132 valence electrons. The highest BCUT2D eigenvalue weighted by atomic mass is 16.6. The van der Waals surface area contributed by atoms with Crippen LogP contribution in [0.15, 0.2) is 48.8 Å². The monoisotopic (exact) mass is 340 g/mol. The Balaban J connectivity index is 1.27. The Kier molecular flexibility index (Phi) is 4.59. The van der Waals surface area contributed by atoms with Gasteiger partial charge in [-0.1, -0.05) is 18.2 Å². The summed E-state index contributed by atoms with van der Waals surface area (Å²) in [6.45, 7) is 3.33. The molecule has 2 aromatic rings. The van der Waals surface area contributed by atoms with Crippen molar-refractivity contribution in [3.63, 3.8) is 0 Å². The van der Waals surface area contributed by atoms with Crippen LogP contribution >= 0.6 is 0 Å². The first-order valence-electron chi connectivity index (χ1n) is 8.97. The topological polar surface area (TPSA) is 54.8 Å². The van der Waals surface area contributed by atoms with Gasteiger partial charge in [0.2, 0.25) is 0 Å². The maximum atomic E-state index is 10.9. The number of hydrogen-bond donors (Lipinski definition) is 1. The van der Waals surface area contributed by atoms with Gasteiger partial charge in [0, 0.05) is 44.0 Å². The molecule has 0 bridgehead atoms. The van der Waals surface area contributed by atoms with E-state index >= 15 is 0 Å². The summed E-state index contributed by atoms with van der Waals surface area (Å²) in [5, 5.41) is 10.9. The molecule has 0 saturated carbocycles. The quantitative estimate of drug-likeness (QED) is 0.927. The lowest BCUT2D eigenvalue weighted by Gasteiger charge is -2.39. The number of aromatic nitrogens is 1. The van der Waals surface area contributed by atoms with Crippen molar-refractivity contribution in [3.05, 3.63) is 54.4 Å². The number of ether oxygens (including phenoxy) is 2. The largest absolute Gasteiger partial charge is 0.486 e. The second kappa shape index (κ2) is 7.02. The number of para-hydroxylation sites is 2. The Bertz CT molecular complexity index is 699. The van der Waals surface area contributed by atoms with Gasteiger partial charge in [-0.15, -0.1) is 0 Å². The van der Waals surface area contributed by atoms with Crippen molar-refractivity contribution in [1.82, 2.24) is 9.88 Å². The van der Waals surface area contributed by atoms with Crippen LogP contribution in [0.3, 0.4) is 0 Å². The molecule has 4 rings (SSSR count). The van der Waals surface area contributed by atoms with Crippen molar-refractivity contribution in [3.8, 4) is 11.5 Å². The number of benzene rings is 1. The molecule has 25 heavy (non-hydrogen) atoms. The zero-order chi connectivity index (χ0) is 17.1. The Hall–Kier alpha value is -2.11. The summed E-state index contributed by atoms with van der Waals surface area (Å²) < 4.78 is 11.8. The van der Waals surface area contributed by atoms with E-state index in [0.717, 1.165) is 56.0 Å². The number of nitrogens with zero attached hydrogens (tertiary/aromatic N) is 2. The summed E-state index contributed by atoms with van der Waals surface area (Å²) in [7, 11) is 0. The highest BCUT2D eigenvalue weighted by molar-refractivity contribution is 5.40. The van der Waals surface area contributed by atoms with Gasteiger partial charge >= 0.3 is 0 Å². The van der Waals surface area contributed by atoms with Gasteiger partial charge in [0.05, 0.1) is 5.60 Å². The third-order valence-electron chi connectivity index (χ3n) is 5.22. The molecule has 0 spiro atoms. The van der Waals surface area contributed by atoms with E-state index < -0.39 is 5.60 Å². The maximum absolute atomic E-state index is 10.9. The van der Waals surface area contributed by atoms with Crippen molar-refractivity contribution in [2.75, 3.05) is 26.2 Å². The third-order valence-corrected chi connectivity index (χ3v) is 5.22. The van der Waals surface area contributed by atoms with E-state index in [2.05, 4.69) is 9.88 Å². The van der Waals surface area contributed by atoms with E-state index in [1.165, 1.54) is 0 Å². The van der Waals surface area contributed by atoms with E-state index in [4.69, 9.17) is 9.47 Å². The van der Waals surface area contributed by atoms with Crippen LogP contribution in [0.5, 0.6) is 11.5 Å². The zero-order valence-electron chi connectivity index (χ0n) is 14.3. The maximum Gasteiger partial charge on any atom is 0.161 e. The summed E-state index contributed by atoms with van der Waals surface area (Å²) in [4.78, 5) is 6.53. The lowest BCUT2D eigenvalue weighted by atomic mass is 9.85. The molecule has 1 aromatic heterocycles. The van der Waals surface area contributed by atoms with E-state index in [1.54, 1.807) is 12.4 Å². The van der Waals surface area contributed by atoms with E-state index in [0.29, 0.717) is 6.61 Å². The molecule has 0 amide bonds. The average Bonchev–Trinajstić information content (AvgIpc) is 2.68. The van der Waals surface area contributed by atoms with Crippen LogP contribution in [0, 0.1) is 0 Å². The second-order valence-corrected chi connectivity index (χ2v) is 6.90. The number of pyridine rings is 1. The van der Waals surface area contributed by atoms with Gasteiger partial charge in [-0.2, -0.15) is 0 Å². The highest BCUT2D eigenvalue weighted by Gasteiger charge is 2.34. The summed E-state index contributed by atoms with van der Waals surface area (Å²) in [6, 6.07) is 11.7. The molecular formula is C20H24N2O3. The fourth-order valence-corrected chi connectivity index (χ4v) is 3.61. The Morgan fingerprint density at radius 2 is 1.92 bits per heavy atom. The highest BCUT2D eigenvalue weighted by Crippen LogP contribution is 2.33. The molecule has 3 heterocycles. The minimum atomic E-state index is -0.742. The van der Waals surface area contributed by atoms with Crippen molar-refractivity contribution in [2.24, 2.45) is 0 Å². The fourth-order valence-electron chi connectivity index (χ4n) is 3.61. The van der Waals surface area contributed by atoms with Gasteiger partial charge in [-0.3, -0.25) is 4.98 Å². The molecule has 5 heteroatoms. The van der Waals surface area contributed by atoms with Crippen molar-refractivity contribution in [2.45, 2.75) is 31.0 Å². The summed E-state index contributed by atoms with van der Waals surface area (Å²) in [5.74, 6) is 1.67. The number of piperidine rings is 1. The third kappa shape index (κ3) is 3.62. The Morgan fingerprint density at radius 1 is 1.12 bits per heavy atom. The first-order chi connectivity index (χ1) is 12.2. The summed E-state index contributed by atoms with van der Waals surface area (Å²) in [6.07, 6.45) is 6.02. The van der Waals surface area contributed by atoms with Crippen molar-refractivity contribution < 1.29 is 14.6 Å². The first kappa shape index (κ1) is 16.4. The molecule has 1 atom stereocenters. The molecule has 1 aromatic carbocycles. The zero-order valence-corrected chi connectivity index (χ0v) is 14.3. The van der Waals surface area contributed by atoms with Crippen LogP contribution in [0.25, 0.3) is 0 Å². The van der Waals surface area contributed by atoms with Gasteiger partial charge in [-0.25, -0.2) is 0 Å². The predicted molar refractivity (Wildman–Crippen MR) is 94.8 cm³/mol. The first-order valence-corrected chi connectivity index (χ1v) is 8.97. The van der Waals surface area contributed by atoms with Crippen molar-refractivity contribution >= 4 is 0 Å². The Labute approximate surface area is 148 Å². The van der Waals surface area contributed by atoms with Gasteiger partial charge < -0.3 is 19.5 Å². The molecule has 0 radical (unpaired) electrons. The summed E-state index contributed by atoms with van der Waals surface area (Å²) >= 11 is 0. The second-order valence-electron chi connectivity index (χ2n) is 6.90. The standard InChI is InChI=1S/C20H24N2O3/c23-20(16-4-3-10-21-14-16)8-12-22(13-9-20)11-7-17-15-24-18-5-1-2-6-19(18)25-17/h1-6,10,14,17,23H,7-9,11-13,15H2. The predicted octanol–water partition coefficient (Wildman–Crippen LogP) is 2.60. The molecule has 2 aliphatic heterocycles. The molecular weight excluding hydrogens is 316 g/mol. The van der Waals surface area contributed by atoms with E-state index in [-0.39, 0.29) is 6.10 Å². The normalized spacial score (nSPS) is 22.5. The lowest BCUT2D eigenvalue weighted by molar-refractivity contribution is -0.0291. The average molecular weight is 340 g/mol. The van der Waals surface area contributed by atoms with Crippen molar-refractivity contribution in [1.29, 1.82) is 0 Å². The van der Waals surface area contributed by atoms with Crippen LogP contribution in [-0.2, 0) is 5.60 Å². The minimum absolute atomic E-state index is 0.0917. The molecule has 1 N–H and O–H groups in total. The van der Waals surface area contributed by atoms with Crippen LogP contribution in [0.4, 0.5) is 0 Å². The van der Waals surface area contributed by atoms with E-state index in [9.17, 15) is 5.11 Å². The van der Waals surface area contributed by atoms with E-state index in [1.807, 2.05) is 36.4 Å². The number of rotatable bonds is 4. The number of aliphatic hydroxyl groups is 1. The molecule has 0 aliphatic carbocycles.